The average molecular weight is 271 g/mol. The molecule has 1 N–H and O–H groups in total. The Labute approximate surface area is 122 Å². The zero-order chi connectivity index (χ0) is 14.4. The second kappa shape index (κ2) is 6.65. The third kappa shape index (κ3) is 4.16. The summed E-state index contributed by atoms with van der Waals surface area (Å²) in [6.07, 6.45) is 4.58. The first-order valence-electron chi connectivity index (χ1n) is 7.61. The van der Waals surface area contributed by atoms with Crippen LogP contribution in [-0.2, 0) is 0 Å². The van der Waals surface area contributed by atoms with Gasteiger partial charge in [-0.05, 0) is 63.8 Å². The Morgan fingerprint density at radius 3 is 2.45 bits per heavy atom. The van der Waals surface area contributed by atoms with Gasteiger partial charge in [0.25, 0.3) is 0 Å². The number of rotatable bonds is 6. The van der Waals surface area contributed by atoms with Crippen molar-refractivity contribution in [3.8, 4) is 6.07 Å². The first kappa shape index (κ1) is 14.7. The highest BCUT2D eigenvalue weighted by atomic mass is 15.1. The molecule has 0 aromatic heterocycles. The van der Waals surface area contributed by atoms with Crippen LogP contribution in [-0.4, -0.2) is 19.6 Å². The molecule has 108 valence electrons. The predicted octanol–water partition coefficient (Wildman–Crippen LogP) is 4.03. The molecule has 0 aliphatic carbocycles. The third-order valence-electron chi connectivity index (χ3n) is 3.95. The summed E-state index contributed by atoms with van der Waals surface area (Å²) < 4.78 is 0. The summed E-state index contributed by atoms with van der Waals surface area (Å²) in [4.78, 5) is 2.44. The van der Waals surface area contributed by atoms with Gasteiger partial charge in [-0.3, -0.25) is 0 Å². The lowest BCUT2D eigenvalue weighted by Gasteiger charge is -2.18. The maximum absolute atomic E-state index is 8.97. The van der Waals surface area contributed by atoms with Gasteiger partial charge in [0.15, 0.2) is 0 Å². The fourth-order valence-corrected chi connectivity index (χ4v) is 2.58. The van der Waals surface area contributed by atoms with Crippen molar-refractivity contribution in [3.05, 3.63) is 24.3 Å². The van der Waals surface area contributed by atoms with E-state index in [0.29, 0.717) is 0 Å². The summed E-state index contributed by atoms with van der Waals surface area (Å²) in [6.45, 7) is 7.30. The van der Waals surface area contributed by atoms with Crippen LogP contribution in [0.2, 0.25) is 0 Å². The fraction of sp³-hybridized carbons (Fsp3) is 0.588. The van der Waals surface area contributed by atoms with Crippen molar-refractivity contribution in [3.63, 3.8) is 0 Å². The number of nitrogens with one attached hydrogen (secondary N) is 1. The van der Waals surface area contributed by atoms with Gasteiger partial charge in [-0.15, -0.1) is 0 Å². The molecule has 1 aromatic carbocycles. The minimum Gasteiger partial charge on any atom is -0.385 e. The topological polar surface area (TPSA) is 39.1 Å². The summed E-state index contributed by atoms with van der Waals surface area (Å²) in [7, 11) is 0. The normalized spacial score (nSPS) is 15.2. The van der Waals surface area contributed by atoms with E-state index in [9.17, 15) is 0 Å². The molecule has 0 spiro atoms. The maximum atomic E-state index is 8.97. The standard InChI is InChI=1S/C17H25N3/c1-17(2,14-18)10-5-11-19-15-6-8-16(9-7-15)20-12-3-4-13-20/h6-9,19H,3-5,10-13H2,1-2H3. The van der Waals surface area contributed by atoms with E-state index >= 15 is 0 Å². The molecule has 1 aliphatic heterocycles. The SMILES string of the molecule is CC(C)(C#N)CCCNc1ccc(N2CCCC2)cc1. The molecule has 1 aliphatic rings. The first-order chi connectivity index (χ1) is 9.61. The Hall–Kier alpha value is -1.69. The summed E-state index contributed by atoms with van der Waals surface area (Å²) in [6, 6.07) is 11.1. The lowest BCUT2D eigenvalue weighted by Crippen LogP contribution is -2.17. The smallest absolute Gasteiger partial charge is 0.0683 e. The number of benzene rings is 1. The molecule has 3 nitrogen and oxygen atoms in total. The Morgan fingerprint density at radius 2 is 1.85 bits per heavy atom. The van der Waals surface area contributed by atoms with Gasteiger partial charge in [0.05, 0.1) is 11.5 Å². The van der Waals surface area contributed by atoms with E-state index in [1.807, 2.05) is 13.8 Å². The summed E-state index contributed by atoms with van der Waals surface area (Å²) in [5.74, 6) is 0. The van der Waals surface area contributed by atoms with Gasteiger partial charge in [0.2, 0.25) is 0 Å². The van der Waals surface area contributed by atoms with Crippen molar-refractivity contribution in [1.29, 1.82) is 5.26 Å². The summed E-state index contributed by atoms with van der Waals surface area (Å²) in [5, 5.41) is 12.4. The molecule has 1 aromatic rings. The molecule has 1 heterocycles. The molecule has 1 fully saturated rings. The number of hydrogen-bond acceptors (Lipinski definition) is 3. The van der Waals surface area contributed by atoms with E-state index in [1.54, 1.807) is 0 Å². The zero-order valence-electron chi connectivity index (χ0n) is 12.7. The summed E-state index contributed by atoms with van der Waals surface area (Å²) in [5.41, 5.74) is 2.29. The van der Waals surface area contributed by atoms with Gasteiger partial charge in [-0.2, -0.15) is 5.26 Å². The maximum Gasteiger partial charge on any atom is 0.0683 e. The quantitative estimate of drug-likeness (QED) is 0.794. The second-order valence-electron chi connectivity index (χ2n) is 6.27. The van der Waals surface area contributed by atoms with Gasteiger partial charge >= 0.3 is 0 Å². The minimum atomic E-state index is -0.207. The van der Waals surface area contributed by atoms with Crippen molar-refractivity contribution in [1.82, 2.24) is 0 Å². The number of anilines is 2. The predicted molar refractivity (Wildman–Crippen MR) is 85.0 cm³/mol. The van der Waals surface area contributed by atoms with Crippen molar-refractivity contribution in [2.45, 2.75) is 39.5 Å². The van der Waals surface area contributed by atoms with Gasteiger partial charge in [0, 0.05) is 31.0 Å². The Morgan fingerprint density at radius 1 is 1.20 bits per heavy atom. The van der Waals surface area contributed by atoms with Crippen LogP contribution in [0.4, 0.5) is 11.4 Å². The third-order valence-corrected chi connectivity index (χ3v) is 3.95. The van der Waals surface area contributed by atoms with E-state index in [0.717, 1.165) is 19.4 Å². The van der Waals surface area contributed by atoms with Crippen LogP contribution in [0.1, 0.15) is 39.5 Å². The van der Waals surface area contributed by atoms with Crippen molar-refractivity contribution < 1.29 is 0 Å². The van der Waals surface area contributed by atoms with Crippen LogP contribution in [0.25, 0.3) is 0 Å². The Bertz CT molecular complexity index is 450. The molecule has 2 rings (SSSR count). The number of nitriles is 1. The lowest BCUT2D eigenvalue weighted by atomic mass is 9.90. The summed E-state index contributed by atoms with van der Waals surface area (Å²) >= 11 is 0. The molecule has 0 saturated carbocycles. The van der Waals surface area contributed by atoms with Gasteiger partial charge in [0.1, 0.15) is 0 Å². The van der Waals surface area contributed by atoms with E-state index in [-0.39, 0.29) is 5.41 Å². The molecule has 20 heavy (non-hydrogen) atoms. The van der Waals surface area contributed by atoms with Crippen LogP contribution in [0, 0.1) is 16.7 Å². The highest BCUT2D eigenvalue weighted by Crippen LogP contribution is 2.23. The van der Waals surface area contributed by atoms with Crippen LogP contribution >= 0.6 is 0 Å². The van der Waals surface area contributed by atoms with E-state index in [2.05, 4.69) is 40.6 Å². The average Bonchev–Trinajstić information content (AvgIpc) is 2.98. The number of nitrogens with zero attached hydrogens (tertiary/aromatic N) is 2. The van der Waals surface area contributed by atoms with E-state index in [1.165, 1.54) is 37.3 Å². The molecule has 1 saturated heterocycles. The van der Waals surface area contributed by atoms with Crippen molar-refractivity contribution >= 4 is 11.4 Å². The molecular weight excluding hydrogens is 246 g/mol. The lowest BCUT2D eigenvalue weighted by molar-refractivity contribution is 0.441. The highest BCUT2D eigenvalue weighted by Gasteiger charge is 2.15. The Balaban J connectivity index is 1.75. The van der Waals surface area contributed by atoms with E-state index in [4.69, 9.17) is 5.26 Å². The largest absolute Gasteiger partial charge is 0.385 e. The first-order valence-corrected chi connectivity index (χ1v) is 7.61. The number of hydrogen-bond donors (Lipinski definition) is 1. The highest BCUT2D eigenvalue weighted by molar-refractivity contribution is 5.55. The van der Waals surface area contributed by atoms with Crippen LogP contribution in [0.15, 0.2) is 24.3 Å². The van der Waals surface area contributed by atoms with Crippen molar-refractivity contribution in [2.24, 2.45) is 5.41 Å². The molecular formula is C17H25N3. The molecule has 0 radical (unpaired) electrons. The van der Waals surface area contributed by atoms with Crippen LogP contribution < -0.4 is 10.2 Å². The molecule has 0 atom stereocenters. The second-order valence-corrected chi connectivity index (χ2v) is 6.27. The van der Waals surface area contributed by atoms with Gasteiger partial charge in [-0.25, -0.2) is 0 Å². The van der Waals surface area contributed by atoms with Crippen molar-refractivity contribution in [2.75, 3.05) is 29.9 Å². The van der Waals surface area contributed by atoms with Crippen LogP contribution in [0.3, 0.4) is 0 Å². The fourth-order valence-electron chi connectivity index (χ4n) is 2.58. The molecule has 0 unspecified atom stereocenters. The van der Waals surface area contributed by atoms with Gasteiger partial charge in [-0.1, -0.05) is 0 Å². The molecule has 3 heteroatoms. The molecule has 0 amide bonds. The van der Waals surface area contributed by atoms with Crippen LogP contribution in [0.5, 0.6) is 0 Å². The van der Waals surface area contributed by atoms with E-state index < -0.39 is 0 Å². The zero-order valence-corrected chi connectivity index (χ0v) is 12.7. The monoisotopic (exact) mass is 271 g/mol. The van der Waals surface area contributed by atoms with Gasteiger partial charge < -0.3 is 10.2 Å². The molecule has 0 bridgehead atoms. The Kier molecular flexibility index (Phi) is 4.89. The minimum absolute atomic E-state index is 0.207.